The summed E-state index contributed by atoms with van der Waals surface area (Å²) in [6.45, 7) is 21.7. The molecule has 90 heavy (non-hydrogen) atoms. The van der Waals surface area contributed by atoms with Crippen LogP contribution in [0, 0.1) is 0 Å². The first-order valence-electron chi connectivity index (χ1n) is 38.4. The van der Waals surface area contributed by atoms with Crippen molar-refractivity contribution < 1.29 is 27.1 Å². The van der Waals surface area contributed by atoms with Gasteiger partial charge in [-0.3, -0.25) is 0 Å². The van der Waals surface area contributed by atoms with E-state index in [-0.39, 0.29) is 0 Å². The van der Waals surface area contributed by atoms with Crippen LogP contribution in [0.15, 0.2) is 27.1 Å². The molecule has 0 amide bonds. The van der Waals surface area contributed by atoms with Gasteiger partial charge in [0.25, 0.3) is 45.5 Å². The number of hydrogen-bond donors (Lipinski definition) is 6. The lowest BCUT2D eigenvalue weighted by Gasteiger charge is -2.36. The maximum Gasteiger partial charge on any atom is 0.281 e. The molecule has 5 aliphatic heterocycles. The Kier molecular flexibility index (Phi) is 49.8. The summed E-state index contributed by atoms with van der Waals surface area (Å²) in [5, 5.41) is 24.2. The second kappa shape index (κ2) is 53.8. The van der Waals surface area contributed by atoms with Crippen LogP contribution in [0.2, 0.25) is 0 Å². The van der Waals surface area contributed by atoms with Gasteiger partial charge in [0.2, 0.25) is 0 Å². The fourth-order valence-electron chi connectivity index (χ4n) is 11.7. The molecule has 0 saturated heterocycles. The Labute approximate surface area is 556 Å². The van der Waals surface area contributed by atoms with Gasteiger partial charge in [-0.25, -0.2) is 30.5 Å². The molecule has 534 valence electrons. The first-order chi connectivity index (χ1) is 44.2. The van der Waals surface area contributed by atoms with Crippen LogP contribution in [0.4, 0.5) is 0 Å². The van der Waals surface area contributed by atoms with Gasteiger partial charge >= 0.3 is 0 Å². The Morgan fingerprint density at radius 1 is 0.189 bits per heavy atom. The van der Waals surface area contributed by atoms with Gasteiger partial charge in [0.1, 0.15) is 0 Å². The molecule has 5 aliphatic rings. The molecule has 0 aromatic rings. The summed E-state index contributed by atoms with van der Waals surface area (Å²) in [5.74, 6) is 0. The number of hydrogen-bond acceptors (Lipinski definition) is 18. The van der Waals surface area contributed by atoms with Crippen LogP contribution >= 0.6 is 45.5 Å². The first kappa shape index (κ1) is 83.3. The smallest absolute Gasteiger partial charge is 0.281 e. The SMILES string of the molecule is CCCCCCCCOP12=NP3(OCCCCCCCC)=NP(OCCCCCCCC)(=N1)NCCCCCCNP1(OCCCCCCCC)=NP(OCCCCCCCC)(=NP(OCCCCCCCC)(=N1)NCCCCCCN3)NCCCCCCN2. The molecule has 0 saturated carbocycles. The fraction of sp³-hybridized carbons (Fsp3) is 1.00. The van der Waals surface area contributed by atoms with Gasteiger partial charge in [0.15, 0.2) is 0 Å². The van der Waals surface area contributed by atoms with Crippen LogP contribution in [0.1, 0.15) is 350 Å². The van der Waals surface area contributed by atoms with E-state index in [0.717, 1.165) is 193 Å². The summed E-state index contributed by atoms with van der Waals surface area (Å²) < 4.78 is 78.8. The molecular formula is C66H144N12O6P6. The number of rotatable bonds is 48. The molecule has 0 aromatic heterocycles. The Morgan fingerprint density at radius 3 is 0.467 bits per heavy atom. The molecule has 0 fully saturated rings. The first-order valence-corrected chi connectivity index (χ1v) is 48.1. The molecule has 5 rings (SSSR count). The molecule has 0 unspecified atom stereocenters. The van der Waals surface area contributed by atoms with Crippen LogP contribution in [-0.2, 0) is 27.1 Å². The van der Waals surface area contributed by atoms with E-state index in [9.17, 15) is 0 Å². The van der Waals surface area contributed by atoms with Gasteiger partial charge in [-0.05, 0) is 77.0 Å². The van der Waals surface area contributed by atoms with E-state index in [1.54, 1.807) is 0 Å². The Bertz CT molecular complexity index is 1720. The van der Waals surface area contributed by atoms with E-state index in [4.69, 9.17) is 54.2 Å². The average Bonchev–Trinajstić information content (AvgIpc) is 0.848. The van der Waals surface area contributed by atoms with Crippen LogP contribution in [0.25, 0.3) is 0 Å². The summed E-state index contributed by atoms with van der Waals surface area (Å²) in [6, 6.07) is 0. The summed E-state index contributed by atoms with van der Waals surface area (Å²) in [7, 11) is -18.5. The Balaban J connectivity index is 1.87. The minimum atomic E-state index is -3.08. The standard InChI is InChI=1S/C66H144N12O6P6/c1-7-13-19-25-37-49-61-79-85-67-55-43-31-32-46-58-70-88(82-64-52-40-28-22-16-10-4)76-89(83-65-53-41-29-23-17-11-5)71-59-47-35-33-44-56-68-86(73-85,80-62-50-38-26-20-14-8-2)75-87(74-85,81-63-51-39-27-21-15-9-3)69-57-45-34-36-48-60-72-90(77-88,78-89)84-66-54-42-30-24-18-12-6/h67-72H,7-66H2,1-6H3. The highest BCUT2D eigenvalue weighted by atomic mass is 31.3. The van der Waals surface area contributed by atoms with Crippen LogP contribution < -0.4 is 30.5 Å². The van der Waals surface area contributed by atoms with Crippen LogP contribution in [-0.4, -0.2) is 78.9 Å². The van der Waals surface area contributed by atoms with E-state index >= 15 is 0 Å². The summed E-state index contributed by atoms with van der Waals surface area (Å²) >= 11 is 0. The van der Waals surface area contributed by atoms with Crippen molar-refractivity contribution in [3.05, 3.63) is 0 Å². The zero-order valence-corrected chi connectivity index (χ0v) is 64.6. The zero-order valence-electron chi connectivity index (χ0n) is 59.2. The third kappa shape index (κ3) is 37.2. The predicted octanol–water partition coefficient (Wildman–Crippen LogP) is 25.2. The summed E-state index contributed by atoms with van der Waals surface area (Å²) in [4.78, 5) is 0. The van der Waals surface area contributed by atoms with Crippen molar-refractivity contribution in [2.45, 2.75) is 350 Å². The average molecular weight is 1390 g/mol. The molecule has 0 spiro atoms. The fourth-order valence-corrected chi connectivity index (χ4v) is 33.4. The van der Waals surface area contributed by atoms with Gasteiger partial charge in [0.05, 0.1) is 39.6 Å². The van der Waals surface area contributed by atoms with Gasteiger partial charge in [-0.1, -0.05) is 273 Å². The topological polar surface area (TPSA) is 202 Å². The minimum absolute atomic E-state index is 0.596. The van der Waals surface area contributed by atoms with Crippen molar-refractivity contribution in [2.24, 2.45) is 27.1 Å². The summed E-state index contributed by atoms with van der Waals surface area (Å²) in [5.41, 5.74) is 0. The van der Waals surface area contributed by atoms with E-state index < -0.39 is 45.5 Å². The van der Waals surface area contributed by atoms with Crippen LogP contribution in [0.5, 0.6) is 0 Å². The number of nitrogens with one attached hydrogen (secondary N) is 6. The van der Waals surface area contributed by atoms with Gasteiger partial charge < -0.3 is 27.1 Å². The lowest BCUT2D eigenvalue weighted by atomic mass is 10.1. The predicted molar refractivity (Wildman–Crippen MR) is 395 cm³/mol. The zero-order chi connectivity index (χ0) is 64.2. The second-order valence-corrected chi connectivity index (χ2v) is 40.4. The van der Waals surface area contributed by atoms with Crippen molar-refractivity contribution in [1.29, 1.82) is 0 Å². The van der Waals surface area contributed by atoms with E-state index in [2.05, 4.69) is 72.1 Å². The minimum Gasteiger partial charge on any atom is -0.316 e. The Morgan fingerprint density at radius 2 is 0.322 bits per heavy atom. The highest BCUT2D eigenvalue weighted by Crippen LogP contribution is 2.77. The number of unbranched alkanes of at least 4 members (excludes halogenated alkanes) is 30. The quantitative estimate of drug-likeness (QED) is 0.0249. The largest absolute Gasteiger partial charge is 0.316 e. The molecule has 0 radical (unpaired) electrons. The molecule has 5 heterocycles. The maximum absolute atomic E-state index is 7.31. The molecule has 6 bridgehead atoms. The van der Waals surface area contributed by atoms with E-state index in [0.29, 0.717) is 39.6 Å². The van der Waals surface area contributed by atoms with Crippen molar-refractivity contribution in [3.63, 3.8) is 0 Å². The molecule has 6 N–H and O–H groups in total. The van der Waals surface area contributed by atoms with Gasteiger partial charge in [-0.15, -0.1) is 0 Å². The molecule has 0 aromatic carbocycles. The normalized spacial score (nSPS) is 26.9. The van der Waals surface area contributed by atoms with E-state index in [1.165, 1.54) is 154 Å². The second-order valence-electron chi connectivity index (χ2n) is 26.1. The highest BCUT2D eigenvalue weighted by Gasteiger charge is 2.42. The maximum atomic E-state index is 7.31. The molecule has 0 aliphatic carbocycles. The Hall–Kier alpha value is 0.900. The van der Waals surface area contributed by atoms with Crippen molar-refractivity contribution in [1.82, 2.24) is 30.5 Å². The molecule has 24 heteroatoms. The van der Waals surface area contributed by atoms with Gasteiger partial charge in [-0.2, -0.15) is 27.1 Å². The third-order valence-corrected chi connectivity index (χ3v) is 36.0. The molecule has 18 nitrogen and oxygen atoms in total. The van der Waals surface area contributed by atoms with Crippen molar-refractivity contribution in [3.8, 4) is 0 Å². The highest BCUT2D eigenvalue weighted by molar-refractivity contribution is 7.81. The van der Waals surface area contributed by atoms with E-state index in [1.807, 2.05) is 0 Å². The summed E-state index contributed by atoms with van der Waals surface area (Å²) in [6.07, 6.45) is 54.6. The number of nitrogens with zero attached hydrogens (tertiary/aromatic N) is 6. The van der Waals surface area contributed by atoms with Crippen molar-refractivity contribution >= 4 is 45.5 Å². The third-order valence-electron chi connectivity index (χ3n) is 17.3. The van der Waals surface area contributed by atoms with Crippen molar-refractivity contribution in [2.75, 3.05) is 78.9 Å². The van der Waals surface area contributed by atoms with Gasteiger partial charge in [0, 0.05) is 39.3 Å². The van der Waals surface area contributed by atoms with Crippen LogP contribution in [0.3, 0.4) is 0 Å². The lowest BCUT2D eigenvalue weighted by Crippen LogP contribution is -2.23. The number of fused-ring (bicyclic) bond motifs is 21. The molecule has 0 atom stereocenters. The monoisotopic (exact) mass is 1390 g/mol. The molecular weight excluding hydrogens is 1240 g/mol. The lowest BCUT2D eigenvalue weighted by molar-refractivity contribution is 0.307.